The Hall–Kier alpha value is -1.99. The van der Waals surface area contributed by atoms with Gasteiger partial charge in [-0.15, -0.1) is 16.9 Å². The number of tetrazole rings is 1. The topological polar surface area (TPSA) is 214 Å². The van der Waals surface area contributed by atoms with Gasteiger partial charge < -0.3 is 20.3 Å². The number of nitrogens with two attached hydrogens (primary N) is 1. The molecular weight excluding hydrogens is 557 g/mol. The van der Waals surface area contributed by atoms with Crippen molar-refractivity contribution in [1.29, 1.82) is 0 Å². The van der Waals surface area contributed by atoms with Crippen LogP contribution in [0, 0.1) is 0 Å². The molecule has 192 valence electrons. The molecule has 1 fully saturated rings. The molecule has 1 aromatic carbocycles. The number of carboxylic acids is 1. The molecule has 2 aliphatic rings. The molecule has 0 saturated carbocycles. The first-order chi connectivity index (χ1) is 17.1. The van der Waals surface area contributed by atoms with E-state index in [9.17, 15) is 33.0 Å². The van der Waals surface area contributed by atoms with Crippen LogP contribution in [0.3, 0.4) is 0 Å². The van der Waals surface area contributed by atoms with E-state index in [0.717, 1.165) is 16.7 Å². The van der Waals surface area contributed by atoms with Crippen molar-refractivity contribution in [2.45, 2.75) is 29.2 Å². The molecule has 1 unspecified atom stereocenters. The third kappa shape index (κ3) is 6.72. The van der Waals surface area contributed by atoms with Gasteiger partial charge in [-0.1, -0.05) is 42.1 Å². The van der Waals surface area contributed by atoms with Gasteiger partial charge in [0.2, 0.25) is 15.2 Å². The van der Waals surface area contributed by atoms with Crippen LogP contribution in [0.15, 0.2) is 46.8 Å². The number of amides is 2. The fraction of sp³-hybridized carbons (Fsp3) is 0.368. The Balaban J connectivity index is 0.00000380. The molecule has 18 heteroatoms. The van der Waals surface area contributed by atoms with Crippen molar-refractivity contribution < 1.29 is 62.6 Å². The first-order valence-corrected chi connectivity index (χ1v) is 14.1. The minimum Gasteiger partial charge on any atom is -0.543 e. The number of hydrogen-bond acceptors (Lipinski definition) is 12. The Morgan fingerprint density at radius 1 is 1.32 bits per heavy atom. The minimum atomic E-state index is -3.73. The maximum absolute atomic E-state index is 12.8. The number of rotatable bonds is 10. The summed E-state index contributed by atoms with van der Waals surface area (Å²) in [6, 6.07) is 7.19. The zero-order chi connectivity index (χ0) is 26.0. The second kappa shape index (κ2) is 12.2. The maximum Gasteiger partial charge on any atom is 1.00 e. The second-order valence-electron chi connectivity index (χ2n) is 7.79. The number of aliphatic hydroxyl groups excluding tert-OH is 1. The zero-order valence-corrected chi connectivity index (χ0v) is 23.8. The number of nitrogens with zero attached hydrogens (tertiary/aromatic N) is 5. The van der Waals surface area contributed by atoms with Gasteiger partial charge in [0.25, 0.3) is 11.8 Å². The second-order valence-corrected chi connectivity index (χ2v) is 11.6. The number of aliphatic carboxylic acids is 1. The van der Waals surface area contributed by atoms with Gasteiger partial charge in [0.15, 0.2) is 6.10 Å². The minimum absolute atomic E-state index is 0. The Labute approximate surface area is 241 Å². The summed E-state index contributed by atoms with van der Waals surface area (Å²) in [7, 11) is -3.73. The van der Waals surface area contributed by atoms with Crippen molar-refractivity contribution in [2.24, 2.45) is 5.14 Å². The number of aromatic nitrogens is 4. The molecule has 1 saturated heterocycles. The molecule has 0 spiro atoms. The van der Waals surface area contributed by atoms with E-state index >= 15 is 0 Å². The van der Waals surface area contributed by atoms with Crippen LogP contribution in [-0.4, -0.2) is 85.1 Å². The van der Waals surface area contributed by atoms with Gasteiger partial charge in [-0.3, -0.25) is 14.5 Å². The molecule has 37 heavy (non-hydrogen) atoms. The van der Waals surface area contributed by atoms with Crippen LogP contribution in [0.1, 0.15) is 11.7 Å². The number of fused-ring (bicyclic) bond motifs is 1. The van der Waals surface area contributed by atoms with Gasteiger partial charge in [-0.25, -0.2) is 18.2 Å². The van der Waals surface area contributed by atoms with Crippen molar-refractivity contribution in [3.8, 4) is 0 Å². The van der Waals surface area contributed by atoms with E-state index in [-0.39, 0.29) is 64.2 Å². The van der Waals surface area contributed by atoms with Crippen LogP contribution in [0.4, 0.5) is 0 Å². The van der Waals surface area contributed by atoms with Gasteiger partial charge in [-0.05, 0) is 21.6 Å². The monoisotopic (exact) mass is 577 g/mol. The van der Waals surface area contributed by atoms with Gasteiger partial charge in [0, 0.05) is 11.5 Å². The van der Waals surface area contributed by atoms with Crippen LogP contribution in [-0.2, 0) is 31.0 Å². The average molecular weight is 578 g/mol. The van der Waals surface area contributed by atoms with Crippen molar-refractivity contribution in [3.63, 3.8) is 0 Å². The van der Waals surface area contributed by atoms with Crippen LogP contribution in [0.5, 0.6) is 0 Å². The smallest absolute Gasteiger partial charge is 0.543 e. The molecule has 4 rings (SSSR count). The van der Waals surface area contributed by atoms with E-state index in [1.54, 1.807) is 30.3 Å². The molecule has 4 N–H and O–H groups in total. The molecule has 3 atom stereocenters. The van der Waals surface area contributed by atoms with E-state index in [0.29, 0.717) is 11.1 Å². The number of benzene rings is 1. The van der Waals surface area contributed by atoms with Crippen LogP contribution >= 0.6 is 23.5 Å². The molecule has 2 aliphatic heterocycles. The SMILES string of the molecule is NS(=O)(=O)CCn1nnnc1SCC1=C(C(=O)[O-])N2C(=O)C(NC(=O)[C@H](O)c3ccccc3)[C@H]2SC1.[Na+]. The third-order valence-corrected chi connectivity index (χ3v) is 8.50. The van der Waals surface area contributed by atoms with Crippen LogP contribution in [0.2, 0.25) is 0 Å². The van der Waals surface area contributed by atoms with Crippen LogP contribution in [0.25, 0.3) is 0 Å². The number of hydrogen-bond donors (Lipinski definition) is 3. The molecule has 3 heterocycles. The fourth-order valence-electron chi connectivity index (χ4n) is 3.61. The fourth-order valence-corrected chi connectivity index (χ4v) is 6.42. The van der Waals surface area contributed by atoms with E-state index < -0.39 is 45.3 Å². The molecule has 2 aromatic rings. The summed E-state index contributed by atoms with van der Waals surface area (Å²) < 4.78 is 23.6. The number of carbonyl (C=O) groups excluding carboxylic acids is 3. The number of aryl methyl sites for hydroxylation is 1. The molecule has 2 amide bonds. The summed E-state index contributed by atoms with van der Waals surface area (Å²) >= 11 is 2.31. The van der Waals surface area contributed by atoms with Gasteiger partial charge >= 0.3 is 29.6 Å². The van der Waals surface area contributed by atoms with E-state index in [2.05, 4.69) is 20.8 Å². The van der Waals surface area contributed by atoms with Crippen molar-refractivity contribution >= 4 is 51.3 Å². The summed E-state index contributed by atoms with van der Waals surface area (Å²) in [5.41, 5.74) is 0.439. The maximum atomic E-state index is 12.8. The molecule has 0 aliphatic carbocycles. The van der Waals surface area contributed by atoms with Crippen molar-refractivity contribution in [3.05, 3.63) is 47.2 Å². The number of aliphatic hydroxyl groups is 1. The summed E-state index contributed by atoms with van der Waals surface area (Å²) in [5, 5.41) is 40.3. The normalized spacial score (nSPS) is 19.9. The van der Waals surface area contributed by atoms with Gasteiger partial charge in [-0.2, -0.15) is 0 Å². The first kappa shape index (κ1) is 29.6. The first-order valence-electron chi connectivity index (χ1n) is 10.4. The molecule has 0 radical (unpaired) electrons. The molecule has 1 aromatic heterocycles. The zero-order valence-electron chi connectivity index (χ0n) is 19.4. The summed E-state index contributed by atoms with van der Waals surface area (Å²) in [4.78, 5) is 38.3. The predicted octanol–water partition coefficient (Wildman–Crippen LogP) is -5.80. The Morgan fingerprint density at radius 3 is 2.68 bits per heavy atom. The Morgan fingerprint density at radius 2 is 2.03 bits per heavy atom. The summed E-state index contributed by atoms with van der Waals surface area (Å²) in [5.74, 6) is -3.03. The van der Waals surface area contributed by atoms with Crippen molar-refractivity contribution in [2.75, 3.05) is 17.3 Å². The van der Waals surface area contributed by atoms with Crippen molar-refractivity contribution in [1.82, 2.24) is 30.4 Å². The van der Waals surface area contributed by atoms with E-state index in [1.807, 2.05) is 0 Å². The Kier molecular flexibility index (Phi) is 9.79. The number of primary sulfonamides is 1. The average Bonchev–Trinajstić information content (AvgIpc) is 3.30. The Bertz CT molecular complexity index is 1320. The third-order valence-electron chi connectivity index (χ3n) is 5.36. The number of sulfonamides is 1. The number of carboxylic acid groups (broad SMARTS) is 1. The van der Waals surface area contributed by atoms with Crippen LogP contribution < -0.4 is 45.1 Å². The van der Waals surface area contributed by atoms with Gasteiger partial charge in [0.1, 0.15) is 11.4 Å². The van der Waals surface area contributed by atoms with E-state index in [4.69, 9.17) is 5.14 Å². The summed E-state index contributed by atoms with van der Waals surface area (Å²) in [6.07, 6.45) is -1.48. The van der Waals surface area contributed by atoms with E-state index in [1.165, 1.54) is 16.4 Å². The molecular formula is C19H20N7NaO7S3. The number of thioether (sulfide) groups is 2. The largest absolute Gasteiger partial charge is 1.00 e. The standard InChI is InChI=1S/C19H21N7O7S3.Na/c20-36(32,33)7-6-25-19(22-23-24-25)35-9-11-8-34-17-12(16(29)26(17)13(11)18(30)31)21-15(28)14(27)10-4-2-1-3-5-10;/h1-5,12,14,17,27H,6-9H2,(H,21,28)(H,30,31)(H2,20,32,33);/q;+1/p-1/t12?,14-,17-;/m1./s1. The quantitative estimate of drug-likeness (QED) is 0.137. The summed E-state index contributed by atoms with van der Waals surface area (Å²) in [6.45, 7) is -0.0851. The van der Waals surface area contributed by atoms with Gasteiger partial charge in [0.05, 0.1) is 24.0 Å². The molecule has 14 nitrogen and oxygen atoms in total. The number of carbonyl (C=O) groups is 3. The molecule has 0 bridgehead atoms. The predicted molar refractivity (Wildman–Crippen MR) is 125 cm³/mol. The number of β-lactam (4-membered cyclic amide) rings is 1. The number of nitrogens with one attached hydrogen (secondary N) is 1.